The average molecular weight is 741 g/mol. The number of aliphatic hydroxyl groups is 9. The molecule has 24 heteroatoms. The van der Waals surface area contributed by atoms with E-state index < -0.39 is 151 Å². The standard InChI is InChI=1S/C25H45N2O21P/c1-8(32)26-14-21(16(35)11(4-29)43-23(14)42-7-10(34)3-28)47-25-19(38)18(37)20(13(6-31)45-25)46-24-15(27-9(2)33)22(48-49(39,40)41)17(36)12(5-30)44-24/h10-25,28-31,34-38H,3-7H2,1-2H3,(H,26,32)(H,27,33)(H2,39,40,41)/t10?,11-,12-,13-,14-,15-,16+,17+,18-,19-,20-,21-,22-,23-,24+,25+/m1/s1. The minimum Gasteiger partial charge on any atom is -0.394 e. The minimum atomic E-state index is -5.34. The summed E-state index contributed by atoms with van der Waals surface area (Å²) in [6.45, 7) is -1.85. The normalized spacial score (nSPS) is 40.8. The van der Waals surface area contributed by atoms with Gasteiger partial charge in [0.2, 0.25) is 11.8 Å². The molecule has 0 aromatic carbocycles. The third-order valence-corrected chi connectivity index (χ3v) is 8.29. The van der Waals surface area contributed by atoms with Gasteiger partial charge >= 0.3 is 7.82 Å². The molecule has 3 rings (SSSR count). The van der Waals surface area contributed by atoms with Gasteiger partial charge in [-0.05, 0) is 0 Å². The van der Waals surface area contributed by atoms with Crippen LogP contribution < -0.4 is 10.6 Å². The predicted octanol–water partition coefficient (Wildman–Crippen LogP) is -7.79. The lowest BCUT2D eigenvalue weighted by atomic mass is 9.94. The fraction of sp³-hybridized carbons (Fsp3) is 0.920. The number of aliphatic hydroxyl groups excluding tert-OH is 9. The van der Waals surface area contributed by atoms with Crippen molar-refractivity contribution in [3.8, 4) is 0 Å². The van der Waals surface area contributed by atoms with Crippen molar-refractivity contribution in [3.05, 3.63) is 0 Å². The van der Waals surface area contributed by atoms with Gasteiger partial charge in [0.05, 0.1) is 33.0 Å². The van der Waals surface area contributed by atoms with Gasteiger partial charge in [-0.1, -0.05) is 0 Å². The molecule has 0 saturated carbocycles. The highest BCUT2D eigenvalue weighted by Crippen LogP contribution is 2.42. The smallest absolute Gasteiger partial charge is 0.394 e. The first-order chi connectivity index (χ1) is 23.0. The van der Waals surface area contributed by atoms with Crippen molar-refractivity contribution in [2.45, 2.75) is 112 Å². The first-order valence-electron chi connectivity index (χ1n) is 15.0. The lowest BCUT2D eigenvalue weighted by Gasteiger charge is -2.49. The summed E-state index contributed by atoms with van der Waals surface area (Å²) in [6, 6.07) is -3.13. The molecule has 0 aromatic rings. The van der Waals surface area contributed by atoms with Gasteiger partial charge in [0, 0.05) is 13.8 Å². The highest BCUT2D eigenvalue weighted by atomic mass is 31.2. The van der Waals surface area contributed by atoms with Crippen molar-refractivity contribution in [1.29, 1.82) is 0 Å². The quantitative estimate of drug-likeness (QED) is 0.0693. The second kappa shape index (κ2) is 18.3. The molecule has 0 aromatic heterocycles. The van der Waals surface area contributed by atoms with Crippen LogP contribution in [0.3, 0.4) is 0 Å². The van der Waals surface area contributed by atoms with Crippen molar-refractivity contribution in [3.63, 3.8) is 0 Å². The van der Waals surface area contributed by atoms with Gasteiger partial charge in [-0.15, -0.1) is 0 Å². The lowest BCUT2D eigenvalue weighted by Crippen LogP contribution is -2.69. The van der Waals surface area contributed by atoms with Gasteiger partial charge in [0.15, 0.2) is 18.9 Å². The predicted molar refractivity (Wildman–Crippen MR) is 152 cm³/mol. The van der Waals surface area contributed by atoms with Gasteiger partial charge < -0.3 is 94.8 Å². The molecule has 49 heavy (non-hydrogen) atoms. The van der Waals surface area contributed by atoms with Gasteiger partial charge in [-0.3, -0.25) is 14.1 Å². The molecule has 1 unspecified atom stereocenters. The van der Waals surface area contributed by atoms with E-state index >= 15 is 0 Å². The van der Waals surface area contributed by atoms with Gasteiger partial charge in [-0.2, -0.15) is 0 Å². The van der Waals surface area contributed by atoms with E-state index in [1.54, 1.807) is 0 Å². The molecular weight excluding hydrogens is 695 g/mol. The second-order valence-corrected chi connectivity index (χ2v) is 12.7. The number of ether oxygens (including phenoxy) is 6. The molecule has 13 N–H and O–H groups in total. The minimum absolute atomic E-state index is 0.526. The van der Waals surface area contributed by atoms with Gasteiger partial charge in [-0.25, -0.2) is 4.57 Å². The zero-order valence-corrected chi connectivity index (χ0v) is 27.1. The lowest BCUT2D eigenvalue weighted by molar-refractivity contribution is -0.366. The van der Waals surface area contributed by atoms with E-state index in [0.29, 0.717) is 0 Å². The number of phosphoric ester groups is 1. The molecule has 3 heterocycles. The maximum Gasteiger partial charge on any atom is 0.470 e. The van der Waals surface area contributed by atoms with Gasteiger partial charge in [0.1, 0.15) is 79.2 Å². The number of nitrogens with one attached hydrogen (secondary N) is 2. The molecule has 3 aliphatic heterocycles. The van der Waals surface area contributed by atoms with Gasteiger partial charge in [0.25, 0.3) is 0 Å². The largest absolute Gasteiger partial charge is 0.470 e. The molecule has 16 atom stereocenters. The van der Waals surface area contributed by atoms with Crippen molar-refractivity contribution in [2.24, 2.45) is 0 Å². The third-order valence-electron chi connectivity index (χ3n) is 7.77. The van der Waals surface area contributed by atoms with Crippen LogP contribution in [0.1, 0.15) is 13.8 Å². The average Bonchev–Trinajstić information content (AvgIpc) is 3.03. The van der Waals surface area contributed by atoms with Crippen LogP contribution in [0, 0.1) is 0 Å². The van der Waals surface area contributed by atoms with E-state index in [0.717, 1.165) is 13.8 Å². The zero-order valence-electron chi connectivity index (χ0n) is 26.2. The first kappa shape index (κ1) is 41.9. The highest BCUT2D eigenvalue weighted by Gasteiger charge is 2.55. The van der Waals surface area contributed by atoms with Crippen LogP contribution >= 0.6 is 7.82 Å². The van der Waals surface area contributed by atoms with Crippen LogP contribution in [-0.4, -0.2) is 199 Å². The third kappa shape index (κ3) is 10.7. The molecule has 0 aliphatic carbocycles. The Balaban J connectivity index is 1.88. The number of hydrogen-bond donors (Lipinski definition) is 13. The SMILES string of the molecule is CC(=O)N[C@H]1[C@H](OCC(O)CO)O[C@H](CO)[C@H](O)[C@@H]1O[C@@H]1O[C@H](CO)[C@@H](O[C@@H]2O[C@H](CO)[C@H](O)[C@H](OP(=O)(O)O)[C@H]2NC(C)=O)[C@H](O)[C@H]1O. The molecule has 3 saturated heterocycles. The summed E-state index contributed by atoms with van der Waals surface area (Å²) in [7, 11) is -5.34. The second-order valence-electron chi connectivity index (χ2n) is 11.5. The van der Waals surface area contributed by atoms with Crippen molar-refractivity contribution < 1.29 is 103 Å². The number of carbonyl (C=O) groups excluding carboxylic acids is 2. The maximum absolute atomic E-state index is 12.1. The van der Waals surface area contributed by atoms with E-state index in [-0.39, 0.29) is 0 Å². The topological polar surface area (TPSA) is 362 Å². The highest BCUT2D eigenvalue weighted by molar-refractivity contribution is 7.46. The summed E-state index contributed by atoms with van der Waals surface area (Å²) in [4.78, 5) is 42.9. The van der Waals surface area contributed by atoms with E-state index in [9.17, 15) is 64.8 Å². The van der Waals surface area contributed by atoms with E-state index in [2.05, 4.69) is 15.2 Å². The Kier molecular flexibility index (Phi) is 15.6. The fourth-order valence-corrected chi connectivity index (χ4v) is 6.09. The van der Waals surface area contributed by atoms with Crippen LogP contribution in [0.4, 0.5) is 0 Å². The Bertz CT molecular complexity index is 1120. The van der Waals surface area contributed by atoms with Crippen LogP contribution in [-0.2, 0) is 47.1 Å². The molecular formula is C25H45N2O21P. The summed E-state index contributed by atoms with van der Waals surface area (Å²) in [5.41, 5.74) is 0. The number of phosphoric acid groups is 1. The Morgan fingerprint density at radius 2 is 1.16 bits per heavy atom. The first-order valence-corrected chi connectivity index (χ1v) is 16.5. The molecule has 2 amide bonds. The summed E-state index contributed by atoms with van der Waals surface area (Å²) < 4.78 is 50.0. The van der Waals surface area contributed by atoms with Crippen molar-refractivity contribution in [1.82, 2.24) is 10.6 Å². The van der Waals surface area contributed by atoms with E-state index in [4.69, 9.17) is 33.5 Å². The van der Waals surface area contributed by atoms with Crippen LogP contribution in [0.2, 0.25) is 0 Å². The molecule has 0 radical (unpaired) electrons. The number of rotatable bonds is 15. The van der Waals surface area contributed by atoms with Crippen LogP contribution in [0.15, 0.2) is 0 Å². The Morgan fingerprint density at radius 1 is 0.694 bits per heavy atom. The summed E-state index contributed by atoms with van der Waals surface area (Å²) in [5.74, 6) is -1.50. The summed E-state index contributed by atoms with van der Waals surface area (Å²) >= 11 is 0. The Labute approximate surface area is 278 Å². The van der Waals surface area contributed by atoms with E-state index in [1.807, 2.05) is 0 Å². The molecule has 0 bridgehead atoms. The fourth-order valence-electron chi connectivity index (χ4n) is 5.52. The summed E-state index contributed by atoms with van der Waals surface area (Å²) in [5, 5.41) is 97.0. The van der Waals surface area contributed by atoms with Crippen molar-refractivity contribution >= 4 is 19.6 Å². The molecule has 23 nitrogen and oxygen atoms in total. The molecule has 0 spiro atoms. The molecule has 3 fully saturated rings. The van der Waals surface area contributed by atoms with Crippen LogP contribution in [0.5, 0.6) is 0 Å². The number of amides is 2. The van der Waals surface area contributed by atoms with Crippen LogP contribution in [0.25, 0.3) is 0 Å². The summed E-state index contributed by atoms with van der Waals surface area (Å²) in [6.07, 6.45) is -24.5. The zero-order chi connectivity index (χ0) is 36.8. The number of hydrogen-bond acceptors (Lipinski definition) is 19. The molecule has 3 aliphatic rings. The van der Waals surface area contributed by atoms with Crippen molar-refractivity contribution in [2.75, 3.05) is 33.0 Å². The Morgan fingerprint density at radius 3 is 1.65 bits per heavy atom. The van der Waals surface area contributed by atoms with E-state index in [1.165, 1.54) is 0 Å². The Hall–Kier alpha value is -1.55. The number of carbonyl (C=O) groups is 2. The molecule has 286 valence electrons. The maximum atomic E-state index is 12.1. The monoisotopic (exact) mass is 740 g/mol.